The van der Waals surface area contributed by atoms with Crippen LogP contribution in [0.15, 0.2) is 0 Å². The number of hydroxylamine groups is 2. The fraction of sp³-hybridized carbons (Fsp3) is 0.864. The monoisotopic (exact) mass is 546 g/mol. The molecule has 0 aromatic rings. The third-order valence-electron chi connectivity index (χ3n) is 7.93. The Morgan fingerprint density at radius 2 is 1.26 bits per heavy atom. The molecular formula is C22H34N4O12. The number of hydrogen-bond donors (Lipinski definition) is 4. The van der Waals surface area contributed by atoms with Crippen molar-refractivity contribution in [3.63, 3.8) is 0 Å². The van der Waals surface area contributed by atoms with Crippen molar-refractivity contribution in [2.75, 3.05) is 6.61 Å². The van der Waals surface area contributed by atoms with Crippen LogP contribution in [0.5, 0.6) is 0 Å². The summed E-state index contributed by atoms with van der Waals surface area (Å²) in [7, 11) is 0. The number of nitro groups is 2. The molecule has 214 valence electrons. The highest BCUT2D eigenvalue weighted by Crippen LogP contribution is 2.33. The molecule has 4 N–H and O–H groups in total. The largest absolute Gasteiger partial charge is 0.481 e. The molecule has 16 heteroatoms. The van der Waals surface area contributed by atoms with E-state index in [1.165, 1.54) is 0 Å². The SMILES string of the molecule is O=C(O)C1CC([N+](=O)[O-])CCC1COONC1CCC(NOC(=O)C2CCC([N+](=O)[O-])CC2C(=O)O)CC1. The van der Waals surface area contributed by atoms with E-state index in [0.29, 0.717) is 32.1 Å². The van der Waals surface area contributed by atoms with E-state index in [-0.39, 0.29) is 50.8 Å². The summed E-state index contributed by atoms with van der Waals surface area (Å²) in [5.41, 5.74) is 5.46. The Morgan fingerprint density at radius 3 is 1.82 bits per heavy atom. The normalized spacial score (nSPS) is 33.7. The predicted molar refractivity (Wildman–Crippen MR) is 124 cm³/mol. The highest BCUT2D eigenvalue weighted by atomic mass is 17.3. The summed E-state index contributed by atoms with van der Waals surface area (Å²) in [6.45, 7) is -0.0117. The lowest BCUT2D eigenvalue weighted by atomic mass is 9.77. The fourth-order valence-corrected chi connectivity index (χ4v) is 5.57. The topological polar surface area (TPSA) is 230 Å². The van der Waals surface area contributed by atoms with Gasteiger partial charge >= 0.3 is 17.9 Å². The average molecular weight is 547 g/mol. The number of rotatable bonds is 12. The number of carbonyl (C=O) groups is 3. The Balaban J connectivity index is 1.32. The molecule has 0 spiro atoms. The minimum atomic E-state index is -1.25. The van der Waals surface area contributed by atoms with Gasteiger partial charge in [-0.3, -0.25) is 34.6 Å². The number of carboxylic acid groups (broad SMARTS) is 2. The molecule has 6 atom stereocenters. The van der Waals surface area contributed by atoms with E-state index in [2.05, 4.69) is 11.0 Å². The van der Waals surface area contributed by atoms with Crippen LogP contribution < -0.4 is 11.0 Å². The van der Waals surface area contributed by atoms with Gasteiger partial charge < -0.3 is 15.1 Å². The van der Waals surface area contributed by atoms with Crippen LogP contribution in [0.3, 0.4) is 0 Å². The molecule has 38 heavy (non-hydrogen) atoms. The molecule has 3 rings (SSSR count). The Morgan fingerprint density at radius 1 is 0.737 bits per heavy atom. The summed E-state index contributed by atoms with van der Waals surface area (Å²) in [5.74, 6) is -6.46. The second kappa shape index (κ2) is 13.7. The molecule has 6 unspecified atom stereocenters. The first kappa shape index (κ1) is 29.6. The lowest BCUT2D eigenvalue weighted by Gasteiger charge is -2.31. The van der Waals surface area contributed by atoms with Gasteiger partial charge in [0.15, 0.2) is 0 Å². The van der Waals surface area contributed by atoms with Gasteiger partial charge in [-0.2, -0.15) is 11.0 Å². The highest BCUT2D eigenvalue weighted by molar-refractivity contribution is 5.81. The average Bonchev–Trinajstić information content (AvgIpc) is 2.89. The van der Waals surface area contributed by atoms with Crippen molar-refractivity contribution in [2.24, 2.45) is 23.7 Å². The van der Waals surface area contributed by atoms with Crippen LogP contribution in [0.4, 0.5) is 0 Å². The van der Waals surface area contributed by atoms with Crippen LogP contribution >= 0.6 is 0 Å². The smallest absolute Gasteiger partial charge is 0.328 e. The third-order valence-corrected chi connectivity index (χ3v) is 7.93. The molecule has 0 bridgehead atoms. The third kappa shape index (κ3) is 8.02. The second-order valence-electron chi connectivity index (χ2n) is 10.3. The van der Waals surface area contributed by atoms with Crippen LogP contribution in [0.2, 0.25) is 0 Å². The molecule has 0 aromatic heterocycles. The van der Waals surface area contributed by atoms with Gasteiger partial charge in [0.2, 0.25) is 12.1 Å². The van der Waals surface area contributed by atoms with Crippen LogP contribution in [-0.2, 0) is 29.1 Å². The van der Waals surface area contributed by atoms with E-state index in [0.717, 1.165) is 0 Å². The Hall–Kier alpha value is -2.95. The van der Waals surface area contributed by atoms with E-state index < -0.39 is 63.5 Å². The van der Waals surface area contributed by atoms with Gasteiger partial charge in [-0.15, -0.1) is 4.99 Å². The first-order valence-corrected chi connectivity index (χ1v) is 12.8. The Kier molecular flexibility index (Phi) is 10.7. The maximum absolute atomic E-state index is 12.5. The van der Waals surface area contributed by atoms with Gasteiger partial charge in [0.05, 0.1) is 24.4 Å². The van der Waals surface area contributed by atoms with E-state index in [9.17, 15) is 44.8 Å². The summed E-state index contributed by atoms with van der Waals surface area (Å²) >= 11 is 0. The summed E-state index contributed by atoms with van der Waals surface area (Å²) < 4.78 is 0. The molecule has 3 saturated carbocycles. The minimum Gasteiger partial charge on any atom is -0.481 e. The van der Waals surface area contributed by atoms with Crippen LogP contribution in [-0.4, -0.2) is 68.7 Å². The zero-order valence-electron chi connectivity index (χ0n) is 20.8. The molecular weight excluding hydrogens is 512 g/mol. The maximum atomic E-state index is 12.5. The van der Waals surface area contributed by atoms with E-state index in [1.54, 1.807) is 0 Å². The maximum Gasteiger partial charge on any atom is 0.328 e. The van der Waals surface area contributed by atoms with E-state index in [1.807, 2.05) is 0 Å². The standard InChI is InChI=1S/C22H34N4O12/c27-20(28)18-9-15(25(32)33)6-1-12(18)11-36-38-24-14-4-2-13(3-5-14)23-37-22(31)17-8-7-16(26(34)35)10-19(17)21(29)30/h12-19,23-24H,1-11H2,(H,27,28)(H,29,30). The molecule has 0 aromatic carbocycles. The van der Waals surface area contributed by atoms with Crippen molar-refractivity contribution in [1.82, 2.24) is 11.0 Å². The van der Waals surface area contributed by atoms with Crippen molar-refractivity contribution in [3.8, 4) is 0 Å². The molecule has 0 radical (unpaired) electrons. The number of nitrogens with zero attached hydrogens (tertiary/aromatic N) is 2. The molecule has 3 aliphatic rings. The lowest BCUT2D eigenvalue weighted by Crippen LogP contribution is -2.44. The van der Waals surface area contributed by atoms with Crippen molar-refractivity contribution in [2.45, 2.75) is 88.4 Å². The van der Waals surface area contributed by atoms with Crippen molar-refractivity contribution < 1.29 is 49.2 Å². The zero-order valence-corrected chi connectivity index (χ0v) is 20.8. The van der Waals surface area contributed by atoms with Gasteiger partial charge in [0.1, 0.15) is 0 Å². The summed E-state index contributed by atoms with van der Waals surface area (Å²) in [4.78, 5) is 71.9. The van der Waals surface area contributed by atoms with Crippen molar-refractivity contribution in [3.05, 3.63) is 20.2 Å². The summed E-state index contributed by atoms with van der Waals surface area (Å²) in [6.07, 6.45) is 3.07. The van der Waals surface area contributed by atoms with Crippen LogP contribution in [0.25, 0.3) is 0 Å². The van der Waals surface area contributed by atoms with Crippen LogP contribution in [0.1, 0.15) is 64.2 Å². The highest BCUT2D eigenvalue weighted by Gasteiger charge is 2.44. The molecule has 16 nitrogen and oxygen atoms in total. The van der Waals surface area contributed by atoms with E-state index >= 15 is 0 Å². The summed E-state index contributed by atoms with van der Waals surface area (Å²) in [5, 5.41) is 40.8. The first-order chi connectivity index (χ1) is 18.1. The van der Waals surface area contributed by atoms with Gasteiger partial charge in [-0.1, -0.05) is 0 Å². The second-order valence-corrected chi connectivity index (χ2v) is 10.3. The summed E-state index contributed by atoms with van der Waals surface area (Å²) in [6, 6.07) is -2.08. The van der Waals surface area contributed by atoms with Crippen molar-refractivity contribution >= 4 is 17.9 Å². The number of hydrogen-bond acceptors (Lipinski definition) is 12. The number of carboxylic acids is 2. The number of carbonyl (C=O) groups excluding carboxylic acids is 1. The molecule has 0 heterocycles. The molecule has 0 aliphatic heterocycles. The van der Waals surface area contributed by atoms with E-state index in [4.69, 9.17) is 14.7 Å². The van der Waals surface area contributed by atoms with Crippen LogP contribution in [0, 0.1) is 43.9 Å². The Labute approximate surface area is 217 Å². The molecule has 0 saturated heterocycles. The molecule has 0 amide bonds. The van der Waals surface area contributed by atoms with Crippen molar-refractivity contribution in [1.29, 1.82) is 0 Å². The zero-order chi connectivity index (χ0) is 27.8. The molecule has 3 aliphatic carbocycles. The van der Waals surface area contributed by atoms with Gasteiger partial charge in [0.25, 0.3) is 0 Å². The Bertz CT molecular complexity index is 880. The lowest BCUT2D eigenvalue weighted by molar-refractivity contribution is -0.528. The van der Waals surface area contributed by atoms with Gasteiger partial charge in [-0.25, -0.2) is 4.89 Å². The molecule has 3 fully saturated rings. The quantitative estimate of drug-likeness (QED) is 0.116. The number of aliphatic carboxylic acids is 2. The minimum absolute atomic E-state index is 0.0117. The first-order valence-electron chi connectivity index (χ1n) is 12.8. The van der Waals surface area contributed by atoms with Gasteiger partial charge in [-0.05, 0) is 44.4 Å². The number of nitrogens with one attached hydrogen (secondary N) is 2. The van der Waals surface area contributed by atoms with Gasteiger partial charge in [0, 0.05) is 47.6 Å². The predicted octanol–water partition coefficient (Wildman–Crippen LogP) is 1.09. The fourth-order valence-electron chi connectivity index (χ4n) is 5.57.